The van der Waals surface area contributed by atoms with Crippen LogP contribution in [0.25, 0.3) is 11.3 Å². The molecule has 0 atom stereocenters. The Labute approximate surface area is 126 Å². The highest BCUT2D eigenvalue weighted by Gasteiger charge is 2.25. The molecule has 1 N–H and O–H groups in total. The van der Waals surface area contributed by atoms with Crippen LogP contribution < -0.4 is 0 Å². The number of rotatable bonds is 2. The summed E-state index contributed by atoms with van der Waals surface area (Å²) in [4.78, 5) is 14.4. The minimum atomic E-state index is -0.0541. The maximum atomic E-state index is 12.6. The van der Waals surface area contributed by atoms with Gasteiger partial charge in [-0.1, -0.05) is 35.5 Å². The van der Waals surface area contributed by atoms with Crippen molar-refractivity contribution < 1.29 is 9.32 Å². The molecule has 6 nitrogen and oxygen atoms in total. The minimum Gasteiger partial charge on any atom is -0.364 e. The summed E-state index contributed by atoms with van der Waals surface area (Å²) in [6, 6.07) is 11.6. The molecule has 0 spiro atoms. The number of hydrogen-bond donors (Lipinski definition) is 1. The second-order valence-electron chi connectivity index (χ2n) is 5.30. The number of fused-ring (bicyclic) bond motifs is 1. The van der Waals surface area contributed by atoms with Crippen LogP contribution in [0.4, 0.5) is 0 Å². The van der Waals surface area contributed by atoms with Gasteiger partial charge < -0.3 is 9.42 Å². The lowest BCUT2D eigenvalue weighted by molar-refractivity contribution is 0.0728. The number of aromatic amines is 1. The highest BCUT2D eigenvalue weighted by atomic mass is 16.5. The third-order valence-corrected chi connectivity index (χ3v) is 3.87. The van der Waals surface area contributed by atoms with Crippen molar-refractivity contribution in [2.45, 2.75) is 13.0 Å². The van der Waals surface area contributed by atoms with Crippen LogP contribution in [0.1, 0.15) is 21.7 Å². The van der Waals surface area contributed by atoms with Crippen LogP contribution in [0.15, 0.2) is 47.2 Å². The smallest absolute Gasteiger partial charge is 0.272 e. The summed E-state index contributed by atoms with van der Waals surface area (Å²) >= 11 is 0. The summed E-state index contributed by atoms with van der Waals surface area (Å²) in [6.07, 6.45) is 2.33. The third-order valence-electron chi connectivity index (χ3n) is 3.87. The molecule has 0 unspecified atom stereocenters. The van der Waals surface area contributed by atoms with Crippen LogP contribution in [-0.4, -0.2) is 32.7 Å². The van der Waals surface area contributed by atoms with Crippen molar-refractivity contribution >= 4 is 5.91 Å². The van der Waals surface area contributed by atoms with Crippen LogP contribution in [0.3, 0.4) is 0 Å². The van der Waals surface area contributed by atoms with Gasteiger partial charge in [-0.05, 0) is 6.07 Å². The van der Waals surface area contributed by atoms with Gasteiger partial charge in [-0.2, -0.15) is 5.10 Å². The number of benzene rings is 1. The van der Waals surface area contributed by atoms with Crippen LogP contribution in [0, 0.1) is 0 Å². The Balaban J connectivity index is 1.56. The Morgan fingerprint density at radius 1 is 1.27 bits per heavy atom. The number of nitrogens with zero attached hydrogens (tertiary/aromatic N) is 3. The van der Waals surface area contributed by atoms with Gasteiger partial charge in [0.2, 0.25) is 0 Å². The molecular formula is C16H14N4O2. The number of H-pyrrole nitrogens is 1. The Morgan fingerprint density at radius 2 is 2.14 bits per heavy atom. The molecule has 0 aliphatic carbocycles. The van der Waals surface area contributed by atoms with Gasteiger partial charge in [-0.3, -0.25) is 9.89 Å². The van der Waals surface area contributed by atoms with Crippen molar-refractivity contribution in [3.8, 4) is 11.3 Å². The van der Waals surface area contributed by atoms with Crippen LogP contribution in [0.2, 0.25) is 0 Å². The molecule has 0 radical (unpaired) electrons. The molecule has 1 aromatic carbocycles. The lowest BCUT2D eigenvalue weighted by Gasteiger charge is -2.25. The monoisotopic (exact) mass is 294 g/mol. The molecule has 0 bridgehead atoms. The first-order valence-electron chi connectivity index (χ1n) is 7.13. The predicted molar refractivity (Wildman–Crippen MR) is 79.0 cm³/mol. The van der Waals surface area contributed by atoms with E-state index in [1.54, 1.807) is 17.2 Å². The van der Waals surface area contributed by atoms with E-state index in [1.165, 1.54) is 0 Å². The summed E-state index contributed by atoms with van der Waals surface area (Å²) in [7, 11) is 0. The largest absolute Gasteiger partial charge is 0.364 e. The van der Waals surface area contributed by atoms with E-state index in [2.05, 4.69) is 15.4 Å². The maximum Gasteiger partial charge on any atom is 0.272 e. The second-order valence-corrected chi connectivity index (χ2v) is 5.30. The molecule has 1 amide bonds. The SMILES string of the molecule is O=C(c1cc(-c2ccccc2)n[nH]1)N1CCc2nocc2C1. The van der Waals surface area contributed by atoms with Gasteiger partial charge in [0.25, 0.3) is 5.91 Å². The Bertz CT molecular complexity index is 806. The number of hydrogen-bond acceptors (Lipinski definition) is 4. The van der Waals surface area contributed by atoms with Crippen molar-refractivity contribution in [1.82, 2.24) is 20.3 Å². The molecule has 1 aliphatic heterocycles. The molecule has 3 aromatic rings. The highest BCUT2D eigenvalue weighted by Crippen LogP contribution is 2.21. The van der Waals surface area contributed by atoms with Crippen molar-refractivity contribution in [3.05, 3.63) is 59.6 Å². The normalized spacial score (nSPS) is 13.9. The molecule has 4 rings (SSSR count). The van der Waals surface area contributed by atoms with Gasteiger partial charge >= 0.3 is 0 Å². The van der Waals surface area contributed by atoms with Gasteiger partial charge in [0.05, 0.1) is 17.9 Å². The number of nitrogens with one attached hydrogen (secondary N) is 1. The standard InChI is InChI=1S/C16H14N4O2/c21-16(20-7-6-13-12(9-20)10-22-19-13)15-8-14(17-18-15)11-4-2-1-3-5-11/h1-5,8,10H,6-7,9H2,(H,17,18). The lowest BCUT2D eigenvalue weighted by atomic mass is 10.1. The van der Waals surface area contributed by atoms with Gasteiger partial charge in [0, 0.05) is 24.1 Å². The van der Waals surface area contributed by atoms with Crippen molar-refractivity contribution in [3.63, 3.8) is 0 Å². The molecule has 110 valence electrons. The van der Waals surface area contributed by atoms with E-state index < -0.39 is 0 Å². The van der Waals surface area contributed by atoms with Crippen LogP contribution in [-0.2, 0) is 13.0 Å². The minimum absolute atomic E-state index is 0.0541. The fourth-order valence-corrected chi connectivity index (χ4v) is 2.67. The Hall–Kier alpha value is -2.89. The van der Waals surface area contributed by atoms with E-state index in [1.807, 2.05) is 30.3 Å². The molecule has 0 saturated carbocycles. The molecule has 0 saturated heterocycles. The Morgan fingerprint density at radius 3 is 3.00 bits per heavy atom. The molecule has 3 heterocycles. The van der Waals surface area contributed by atoms with Crippen LogP contribution >= 0.6 is 0 Å². The molecular weight excluding hydrogens is 280 g/mol. The first-order chi connectivity index (χ1) is 10.8. The summed E-state index contributed by atoms with van der Waals surface area (Å²) in [5.74, 6) is -0.0541. The number of aromatic nitrogens is 3. The summed E-state index contributed by atoms with van der Waals surface area (Å²) < 4.78 is 4.96. The number of amides is 1. The van der Waals surface area contributed by atoms with Crippen LogP contribution in [0.5, 0.6) is 0 Å². The second kappa shape index (κ2) is 5.14. The molecule has 2 aromatic heterocycles. The van der Waals surface area contributed by atoms with Crippen molar-refractivity contribution in [2.75, 3.05) is 6.54 Å². The quantitative estimate of drug-likeness (QED) is 0.786. The van der Waals surface area contributed by atoms with Gasteiger partial charge in [0.1, 0.15) is 12.0 Å². The highest BCUT2D eigenvalue weighted by molar-refractivity contribution is 5.93. The van der Waals surface area contributed by atoms with Gasteiger partial charge in [-0.15, -0.1) is 0 Å². The number of carbonyl (C=O) groups is 1. The fourth-order valence-electron chi connectivity index (χ4n) is 2.67. The van der Waals surface area contributed by atoms with Gasteiger partial charge in [-0.25, -0.2) is 0 Å². The summed E-state index contributed by atoms with van der Waals surface area (Å²) in [5.41, 5.74) is 4.17. The average Bonchev–Trinajstić information content (AvgIpc) is 3.23. The van der Waals surface area contributed by atoms with E-state index in [0.29, 0.717) is 18.8 Å². The zero-order valence-electron chi connectivity index (χ0n) is 11.8. The number of carbonyl (C=O) groups excluding carboxylic acids is 1. The fraction of sp³-hybridized carbons (Fsp3) is 0.188. The third kappa shape index (κ3) is 2.18. The lowest BCUT2D eigenvalue weighted by Crippen LogP contribution is -2.35. The van der Waals surface area contributed by atoms with Gasteiger partial charge in [0.15, 0.2) is 0 Å². The van der Waals surface area contributed by atoms with Crippen molar-refractivity contribution in [1.29, 1.82) is 0 Å². The molecule has 1 aliphatic rings. The Kier molecular flexibility index (Phi) is 3.00. The zero-order chi connectivity index (χ0) is 14.9. The zero-order valence-corrected chi connectivity index (χ0v) is 11.8. The topological polar surface area (TPSA) is 75.0 Å². The summed E-state index contributed by atoms with van der Waals surface area (Å²) in [6.45, 7) is 1.16. The van der Waals surface area contributed by atoms with Crippen molar-refractivity contribution in [2.24, 2.45) is 0 Å². The van der Waals surface area contributed by atoms with E-state index in [-0.39, 0.29) is 5.91 Å². The van der Waals surface area contributed by atoms with E-state index in [9.17, 15) is 4.79 Å². The average molecular weight is 294 g/mol. The first kappa shape index (κ1) is 12.8. The molecule has 22 heavy (non-hydrogen) atoms. The molecule has 6 heteroatoms. The first-order valence-corrected chi connectivity index (χ1v) is 7.13. The molecule has 0 fully saturated rings. The summed E-state index contributed by atoms with van der Waals surface area (Å²) in [5, 5.41) is 11.0. The van der Waals surface area contributed by atoms with E-state index in [4.69, 9.17) is 4.52 Å². The maximum absolute atomic E-state index is 12.6. The predicted octanol–water partition coefficient (Wildman–Crippen LogP) is 2.26. The van der Waals surface area contributed by atoms with E-state index >= 15 is 0 Å². The van der Waals surface area contributed by atoms with E-state index in [0.717, 1.165) is 28.9 Å².